The second kappa shape index (κ2) is 10.3. The Balaban J connectivity index is 1.80. The molecule has 0 atom stereocenters. The number of ether oxygens (including phenoxy) is 2. The average Bonchev–Trinajstić information content (AvgIpc) is 3.12. The van der Waals surface area contributed by atoms with Crippen LogP contribution in [0.2, 0.25) is 0 Å². The summed E-state index contributed by atoms with van der Waals surface area (Å²) in [4.78, 5) is 24.8. The third-order valence-electron chi connectivity index (χ3n) is 3.96. The van der Waals surface area contributed by atoms with Crippen LogP contribution in [0, 0.1) is 0 Å². The molecule has 8 heteroatoms. The zero-order chi connectivity index (χ0) is 19.6. The number of benzene rings is 1. The van der Waals surface area contributed by atoms with Crippen LogP contribution in [0.15, 0.2) is 28.7 Å². The van der Waals surface area contributed by atoms with Gasteiger partial charge in [0.05, 0.1) is 13.7 Å². The van der Waals surface area contributed by atoms with Gasteiger partial charge in [-0.1, -0.05) is 18.2 Å². The first-order chi connectivity index (χ1) is 13.0. The number of hydrogen-bond donors (Lipinski definition) is 0. The number of nitrogens with zero attached hydrogens (tertiary/aromatic N) is 3. The lowest BCUT2D eigenvalue weighted by molar-refractivity contribution is -0.148. The fraction of sp³-hybridized carbons (Fsp3) is 0.474. The molecule has 1 aromatic carbocycles. The molecule has 2 rings (SSSR count). The lowest BCUT2D eigenvalue weighted by atomic mass is 10.1. The number of aromatic nitrogens is 2. The van der Waals surface area contributed by atoms with Gasteiger partial charge in [-0.25, -0.2) is 0 Å². The molecule has 8 nitrogen and oxygen atoms in total. The fourth-order valence-corrected chi connectivity index (χ4v) is 2.53. The number of carbonyl (C=O) groups is 2. The van der Waals surface area contributed by atoms with Gasteiger partial charge in [-0.2, -0.15) is 0 Å². The topological polar surface area (TPSA) is 94.8 Å². The molecule has 0 N–H and O–H groups in total. The Hall–Kier alpha value is -2.90. The molecular formula is C19H25N3O5. The van der Waals surface area contributed by atoms with E-state index in [1.165, 1.54) is 4.90 Å². The van der Waals surface area contributed by atoms with Gasteiger partial charge in [0.15, 0.2) is 0 Å². The van der Waals surface area contributed by atoms with Crippen LogP contribution in [-0.4, -0.2) is 54.3 Å². The summed E-state index contributed by atoms with van der Waals surface area (Å²) in [5, 5.41) is 8.01. The molecule has 0 bridgehead atoms. The number of para-hydroxylation sites is 1. The summed E-state index contributed by atoms with van der Waals surface area (Å²) in [5.41, 5.74) is 1.07. The quantitative estimate of drug-likeness (QED) is 0.585. The molecule has 1 heterocycles. The summed E-state index contributed by atoms with van der Waals surface area (Å²) in [7, 11) is 3.20. The van der Waals surface area contributed by atoms with Crippen LogP contribution in [0.1, 0.15) is 30.7 Å². The third-order valence-corrected chi connectivity index (χ3v) is 3.96. The van der Waals surface area contributed by atoms with E-state index in [-0.39, 0.29) is 18.9 Å². The maximum Gasteiger partial charge on any atom is 0.325 e. The number of amides is 1. The Morgan fingerprint density at radius 2 is 1.81 bits per heavy atom. The summed E-state index contributed by atoms with van der Waals surface area (Å²) in [6, 6.07) is 7.78. The molecule has 0 unspecified atom stereocenters. The minimum absolute atomic E-state index is 0.0688. The Morgan fingerprint density at radius 3 is 2.52 bits per heavy atom. The predicted molar refractivity (Wildman–Crippen MR) is 97.3 cm³/mol. The van der Waals surface area contributed by atoms with Gasteiger partial charge in [0.25, 0.3) is 0 Å². The van der Waals surface area contributed by atoms with Crippen LogP contribution in [0.25, 0.3) is 0 Å². The number of aryl methyl sites for hydroxylation is 3. The molecule has 0 saturated heterocycles. The van der Waals surface area contributed by atoms with Crippen LogP contribution >= 0.6 is 0 Å². The molecule has 0 aliphatic rings. The summed E-state index contributed by atoms with van der Waals surface area (Å²) in [5.74, 6) is 1.14. The van der Waals surface area contributed by atoms with E-state index in [9.17, 15) is 9.59 Å². The highest BCUT2D eigenvalue weighted by molar-refractivity contribution is 5.81. The molecule has 0 aliphatic carbocycles. The molecule has 0 spiro atoms. The van der Waals surface area contributed by atoms with Crippen LogP contribution in [0.5, 0.6) is 5.75 Å². The maximum absolute atomic E-state index is 12.1. The van der Waals surface area contributed by atoms with Crippen molar-refractivity contribution in [3.05, 3.63) is 41.6 Å². The molecule has 0 aliphatic heterocycles. The Bertz CT molecular complexity index is 759. The van der Waals surface area contributed by atoms with Gasteiger partial charge >= 0.3 is 5.97 Å². The van der Waals surface area contributed by atoms with E-state index in [4.69, 9.17) is 13.9 Å². The molecule has 27 heavy (non-hydrogen) atoms. The molecule has 0 saturated carbocycles. The Morgan fingerprint density at radius 1 is 1.11 bits per heavy atom. The van der Waals surface area contributed by atoms with E-state index in [0.717, 1.165) is 11.3 Å². The second-order valence-corrected chi connectivity index (χ2v) is 5.96. The van der Waals surface area contributed by atoms with E-state index in [2.05, 4.69) is 10.2 Å². The second-order valence-electron chi connectivity index (χ2n) is 5.96. The first kappa shape index (κ1) is 20.4. The molecule has 1 amide bonds. The number of esters is 1. The van der Waals surface area contributed by atoms with Gasteiger partial charge in [0.2, 0.25) is 17.7 Å². The van der Waals surface area contributed by atoms with Gasteiger partial charge in [0.1, 0.15) is 12.3 Å². The van der Waals surface area contributed by atoms with Gasteiger partial charge in [0, 0.05) is 26.3 Å². The summed E-state index contributed by atoms with van der Waals surface area (Å²) in [6.45, 7) is 1.95. The van der Waals surface area contributed by atoms with Crippen molar-refractivity contribution in [3.8, 4) is 5.75 Å². The number of rotatable bonds is 10. The molecular weight excluding hydrogens is 350 g/mol. The van der Waals surface area contributed by atoms with Crippen molar-refractivity contribution in [2.75, 3.05) is 27.3 Å². The SMILES string of the molecule is CCOC(=O)CN(C)C(=O)CCc1nnc(CCc2ccccc2OC)o1. The van der Waals surface area contributed by atoms with Crippen molar-refractivity contribution in [2.24, 2.45) is 0 Å². The highest BCUT2D eigenvalue weighted by atomic mass is 16.5. The number of likely N-dealkylation sites (N-methyl/N-ethyl adjacent to an activating group) is 1. The number of methoxy groups -OCH3 is 1. The van der Waals surface area contributed by atoms with E-state index in [0.29, 0.717) is 37.7 Å². The van der Waals surface area contributed by atoms with Crippen molar-refractivity contribution in [1.82, 2.24) is 15.1 Å². The smallest absolute Gasteiger partial charge is 0.325 e. The molecule has 2 aromatic rings. The van der Waals surface area contributed by atoms with E-state index >= 15 is 0 Å². The fourth-order valence-electron chi connectivity index (χ4n) is 2.53. The Labute approximate surface area is 158 Å². The zero-order valence-electron chi connectivity index (χ0n) is 15.9. The van der Waals surface area contributed by atoms with Crippen molar-refractivity contribution in [1.29, 1.82) is 0 Å². The Kier molecular flexibility index (Phi) is 7.79. The average molecular weight is 375 g/mol. The van der Waals surface area contributed by atoms with E-state index < -0.39 is 5.97 Å². The predicted octanol–water partition coefficient (Wildman–Crippen LogP) is 1.82. The minimum atomic E-state index is -0.426. The summed E-state index contributed by atoms with van der Waals surface area (Å²) < 4.78 is 15.8. The van der Waals surface area contributed by atoms with Crippen LogP contribution in [0.4, 0.5) is 0 Å². The van der Waals surface area contributed by atoms with Crippen molar-refractivity contribution in [2.45, 2.75) is 32.6 Å². The van der Waals surface area contributed by atoms with Gasteiger partial charge in [-0.3, -0.25) is 9.59 Å². The number of hydrogen-bond acceptors (Lipinski definition) is 7. The zero-order valence-corrected chi connectivity index (χ0v) is 15.9. The van der Waals surface area contributed by atoms with E-state index in [1.807, 2.05) is 24.3 Å². The largest absolute Gasteiger partial charge is 0.496 e. The van der Waals surface area contributed by atoms with E-state index in [1.54, 1.807) is 21.1 Å². The standard InChI is InChI=1S/C19H25N3O5/c1-4-26-19(24)13-22(2)18(23)12-11-17-21-20-16(27-17)10-9-14-7-5-6-8-15(14)25-3/h5-8H,4,9-13H2,1-3H3. The van der Waals surface area contributed by atoms with Crippen molar-refractivity contribution < 1.29 is 23.5 Å². The van der Waals surface area contributed by atoms with Crippen molar-refractivity contribution in [3.63, 3.8) is 0 Å². The molecule has 0 fully saturated rings. The van der Waals surface area contributed by atoms with Crippen LogP contribution in [-0.2, 0) is 33.6 Å². The first-order valence-corrected chi connectivity index (χ1v) is 8.86. The summed E-state index contributed by atoms with van der Waals surface area (Å²) >= 11 is 0. The first-order valence-electron chi connectivity index (χ1n) is 8.86. The normalized spacial score (nSPS) is 10.5. The van der Waals surface area contributed by atoms with Gasteiger partial charge in [-0.05, 0) is 25.0 Å². The lowest BCUT2D eigenvalue weighted by Gasteiger charge is -2.15. The van der Waals surface area contributed by atoms with Crippen molar-refractivity contribution >= 4 is 11.9 Å². The van der Waals surface area contributed by atoms with Crippen LogP contribution in [0.3, 0.4) is 0 Å². The lowest BCUT2D eigenvalue weighted by Crippen LogP contribution is -2.33. The van der Waals surface area contributed by atoms with Gasteiger partial charge in [-0.15, -0.1) is 10.2 Å². The van der Waals surface area contributed by atoms with Crippen LogP contribution < -0.4 is 4.74 Å². The highest BCUT2D eigenvalue weighted by Crippen LogP contribution is 2.19. The molecule has 146 valence electrons. The summed E-state index contributed by atoms with van der Waals surface area (Å²) in [6.07, 6.45) is 1.81. The highest BCUT2D eigenvalue weighted by Gasteiger charge is 2.15. The van der Waals surface area contributed by atoms with Gasteiger partial charge < -0.3 is 18.8 Å². The third kappa shape index (κ3) is 6.40. The molecule has 1 aromatic heterocycles. The number of carbonyl (C=O) groups excluding carboxylic acids is 2. The minimum Gasteiger partial charge on any atom is -0.496 e. The maximum atomic E-state index is 12.1. The molecule has 0 radical (unpaired) electrons. The monoisotopic (exact) mass is 375 g/mol.